The van der Waals surface area contributed by atoms with Crippen molar-refractivity contribution in [3.05, 3.63) is 79.2 Å². The minimum atomic E-state index is -2.31. The number of benzene rings is 2. The summed E-state index contributed by atoms with van der Waals surface area (Å²) in [6.07, 6.45) is 23.3. The predicted octanol–water partition coefficient (Wildman–Crippen LogP) is 5.77. The van der Waals surface area contributed by atoms with Crippen molar-refractivity contribution in [1.82, 2.24) is 0 Å². The zero-order chi connectivity index (χ0) is 29.8. The smallest absolute Gasteiger partial charge is 1.00 e. The van der Waals surface area contributed by atoms with Gasteiger partial charge in [-0.05, 0) is 0 Å². The minimum absolute atomic E-state index is 0. The molecule has 2 fully saturated rings. The van der Waals surface area contributed by atoms with Gasteiger partial charge in [-0.3, -0.25) is 0 Å². The van der Waals surface area contributed by atoms with Gasteiger partial charge in [0.05, 0.1) is 0 Å². The van der Waals surface area contributed by atoms with E-state index in [1.165, 1.54) is 92.9 Å². The Labute approximate surface area is 289 Å². The van der Waals surface area contributed by atoms with Crippen LogP contribution >= 0.6 is 0 Å². The minimum Gasteiger partial charge on any atom is -1.00 e. The molecule has 3 heteroatoms. The summed E-state index contributed by atoms with van der Waals surface area (Å²) in [5, 5.41) is 0. The van der Waals surface area contributed by atoms with Gasteiger partial charge in [-0.25, -0.2) is 0 Å². The maximum atomic E-state index is 2.68. The number of rotatable bonds is 6. The molecule has 4 aliphatic carbocycles. The van der Waals surface area contributed by atoms with Gasteiger partial charge >= 0.3 is 267 Å². The number of aryl methyl sites for hydroxylation is 2. The van der Waals surface area contributed by atoms with E-state index in [0.29, 0.717) is 3.63 Å². The van der Waals surface area contributed by atoms with Crippen molar-refractivity contribution in [1.29, 1.82) is 0 Å². The molecule has 0 aromatic heterocycles. The topological polar surface area (TPSA) is 0 Å². The Morgan fingerprint density at radius 3 is 1.48 bits per heavy atom. The third-order valence-corrected chi connectivity index (χ3v) is 19.6. The van der Waals surface area contributed by atoms with Gasteiger partial charge < -0.3 is 24.8 Å². The molecule has 0 aliphatic heterocycles. The normalized spacial score (nSPS) is 18.4. The van der Waals surface area contributed by atoms with Gasteiger partial charge in [-0.15, -0.1) is 0 Å². The fourth-order valence-electron chi connectivity index (χ4n) is 9.19. The van der Waals surface area contributed by atoms with E-state index < -0.39 is 21.3 Å². The van der Waals surface area contributed by atoms with Crippen molar-refractivity contribution in [2.24, 2.45) is 11.8 Å². The van der Waals surface area contributed by atoms with Crippen LogP contribution in [0, 0.1) is 25.7 Å². The van der Waals surface area contributed by atoms with Gasteiger partial charge in [0.25, 0.3) is 0 Å². The first-order valence-corrected chi connectivity index (χ1v) is 21.2. The Bertz CT molecular complexity index is 1360. The zero-order valence-electron chi connectivity index (χ0n) is 28.8. The van der Waals surface area contributed by atoms with Crippen molar-refractivity contribution in [2.45, 2.75) is 140 Å². The molecule has 0 heterocycles. The van der Waals surface area contributed by atoms with E-state index in [-0.39, 0.29) is 35.6 Å². The second kappa shape index (κ2) is 14.2. The van der Waals surface area contributed by atoms with Crippen LogP contribution in [-0.4, -0.2) is 3.21 Å². The van der Waals surface area contributed by atoms with Gasteiger partial charge in [0.1, 0.15) is 0 Å². The molecule has 0 radical (unpaired) electrons. The van der Waals surface area contributed by atoms with Gasteiger partial charge in [-0.1, -0.05) is 0 Å². The van der Waals surface area contributed by atoms with E-state index in [1.54, 1.807) is 22.3 Å². The predicted molar refractivity (Wildman–Crippen MR) is 181 cm³/mol. The van der Waals surface area contributed by atoms with Crippen LogP contribution in [0.4, 0.5) is 0 Å². The number of allylic oxidation sites excluding steroid dienone is 4. The SMILES string of the molecule is Cc1cc2c(cc1C(C)(C)C)-c1cc(C(C)(C)C)c(C)cc1[CH]2[Zr+2]([C]1=CC=CC1)=[C](CC1CCCC1)CC1CCCC1.[Cl-].[Cl-]. The first kappa shape index (κ1) is 36.1. The molecule has 2 saturated carbocycles. The molecule has 0 saturated heterocycles. The van der Waals surface area contributed by atoms with Crippen molar-refractivity contribution >= 4 is 3.21 Å². The molecule has 0 unspecified atom stereocenters. The van der Waals surface area contributed by atoms with Crippen LogP contribution in [0.5, 0.6) is 0 Å². The first-order chi connectivity index (χ1) is 19.9. The Hall–Kier alpha value is -0.747. The summed E-state index contributed by atoms with van der Waals surface area (Å²) < 4.78 is 4.61. The summed E-state index contributed by atoms with van der Waals surface area (Å²) >= 11 is -2.31. The molecule has 238 valence electrons. The van der Waals surface area contributed by atoms with Crippen molar-refractivity contribution in [2.75, 3.05) is 0 Å². The summed E-state index contributed by atoms with van der Waals surface area (Å²) in [4.78, 5) is 0. The summed E-state index contributed by atoms with van der Waals surface area (Å²) in [5.41, 5.74) is 12.9. The third-order valence-electron chi connectivity index (χ3n) is 11.1. The molecular weight excluding hydrogens is 655 g/mol. The Kier molecular flexibility index (Phi) is 11.6. The zero-order valence-corrected chi connectivity index (χ0v) is 32.8. The Morgan fingerprint density at radius 2 is 1.11 bits per heavy atom. The molecular formula is C41H56Cl2Zr. The summed E-state index contributed by atoms with van der Waals surface area (Å²) in [5.74, 6) is 1.89. The first-order valence-electron chi connectivity index (χ1n) is 17.3. The summed E-state index contributed by atoms with van der Waals surface area (Å²) in [6, 6.07) is 10.6. The summed E-state index contributed by atoms with van der Waals surface area (Å²) in [6.45, 7) is 19.2. The van der Waals surface area contributed by atoms with Crippen LogP contribution in [0.2, 0.25) is 0 Å². The van der Waals surface area contributed by atoms with Crippen molar-refractivity contribution in [3.63, 3.8) is 0 Å². The Balaban J connectivity index is 0.00000221. The number of hydrogen-bond donors (Lipinski definition) is 0. The van der Waals surface area contributed by atoms with Crippen LogP contribution in [0.15, 0.2) is 45.8 Å². The fourth-order valence-corrected chi connectivity index (χ4v) is 18.9. The van der Waals surface area contributed by atoms with E-state index in [2.05, 4.69) is 101 Å². The van der Waals surface area contributed by atoms with Crippen LogP contribution in [0.25, 0.3) is 11.1 Å². The molecule has 0 bridgehead atoms. The molecule has 0 spiro atoms. The molecule has 0 nitrogen and oxygen atoms in total. The van der Waals surface area contributed by atoms with Crippen molar-refractivity contribution in [3.8, 4) is 11.1 Å². The van der Waals surface area contributed by atoms with Crippen LogP contribution in [0.3, 0.4) is 0 Å². The van der Waals surface area contributed by atoms with E-state index in [4.69, 9.17) is 0 Å². The maximum absolute atomic E-state index is 2.68. The second-order valence-corrected chi connectivity index (χ2v) is 23.3. The molecule has 6 rings (SSSR count). The largest absolute Gasteiger partial charge is 1.00 e. The summed E-state index contributed by atoms with van der Waals surface area (Å²) in [7, 11) is 0. The average molecular weight is 711 g/mol. The molecule has 44 heavy (non-hydrogen) atoms. The number of halogens is 2. The van der Waals surface area contributed by atoms with E-state index in [1.807, 2.05) is 3.28 Å². The maximum Gasteiger partial charge on any atom is -1.00 e. The van der Waals surface area contributed by atoms with E-state index >= 15 is 0 Å². The standard InChI is InChI=1S/C23H29.C13H22.C5H5.2ClH.Zr/c1-14-9-16-11-17-10-15(2)21(23(6,7)8)13-19(17)18(16)12-20(14)22(3,4)5;1-2-7-12(6-1)10-5-11-13-8-3-4-9-13;1-2-4-5-3-1;;;/h9-13H,1-8H3;12-13H,1-4,6-11H2;1-3H,4H2;2*1H;/q;;;;;+2/p-2. The molecule has 0 N–H and O–H groups in total. The van der Waals surface area contributed by atoms with E-state index in [0.717, 1.165) is 11.8 Å². The molecule has 2 aromatic carbocycles. The van der Waals surface area contributed by atoms with Gasteiger partial charge in [0.15, 0.2) is 0 Å². The molecule has 2 aromatic rings. The van der Waals surface area contributed by atoms with Crippen molar-refractivity contribution < 1.29 is 46.1 Å². The number of hydrogen-bond acceptors (Lipinski definition) is 0. The quantitative estimate of drug-likeness (QED) is 0.358. The Morgan fingerprint density at radius 1 is 0.682 bits per heavy atom. The molecule has 0 atom stereocenters. The monoisotopic (exact) mass is 708 g/mol. The molecule has 0 amide bonds. The second-order valence-electron chi connectivity index (χ2n) is 16.5. The van der Waals surface area contributed by atoms with Crippen LogP contribution in [0.1, 0.15) is 149 Å². The van der Waals surface area contributed by atoms with E-state index in [9.17, 15) is 0 Å². The number of fused-ring (bicyclic) bond motifs is 3. The van der Waals surface area contributed by atoms with Gasteiger partial charge in [-0.2, -0.15) is 0 Å². The fraction of sp³-hybridized carbons (Fsp3) is 0.585. The van der Waals surface area contributed by atoms with Gasteiger partial charge in [0, 0.05) is 0 Å². The van der Waals surface area contributed by atoms with Crippen LogP contribution < -0.4 is 24.8 Å². The van der Waals surface area contributed by atoms with Crippen LogP contribution in [-0.2, 0) is 32.1 Å². The molecule has 4 aliphatic rings. The average Bonchev–Trinajstić information content (AvgIpc) is 3.72. The van der Waals surface area contributed by atoms with Gasteiger partial charge in [0.2, 0.25) is 0 Å². The third kappa shape index (κ3) is 7.21.